The molecule has 0 radical (unpaired) electrons. The number of carboxylic acid groups (broad SMARTS) is 1. The smallest absolute Gasteiger partial charge is 0.328 e. The van der Waals surface area contributed by atoms with E-state index in [2.05, 4.69) is 44.8 Å². The molecule has 1 heterocycles. The van der Waals surface area contributed by atoms with Crippen molar-refractivity contribution in [2.45, 2.75) is 53.4 Å². The van der Waals surface area contributed by atoms with Crippen LogP contribution in [0.3, 0.4) is 0 Å². The second kappa shape index (κ2) is 10.1. The number of aliphatic carboxylic acids is 1. The first-order chi connectivity index (χ1) is 13.7. The molecular formula is C25H31NO3. The molecule has 0 saturated carbocycles. The Morgan fingerprint density at radius 1 is 1.17 bits per heavy atom. The molecule has 4 nitrogen and oxygen atoms in total. The quantitative estimate of drug-likeness (QED) is 0.414. The van der Waals surface area contributed by atoms with Crippen molar-refractivity contribution in [3.63, 3.8) is 0 Å². The van der Waals surface area contributed by atoms with Crippen molar-refractivity contribution in [1.29, 1.82) is 0 Å². The first-order valence-electron chi connectivity index (χ1n) is 10.1. The van der Waals surface area contributed by atoms with Crippen molar-refractivity contribution >= 4 is 12.0 Å². The Bertz CT molecular complexity index is 924. The van der Waals surface area contributed by atoms with Gasteiger partial charge >= 0.3 is 5.97 Å². The predicted molar refractivity (Wildman–Crippen MR) is 119 cm³/mol. The summed E-state index contributed by atoms with van der Waals surface area (Å²) >= 11 is 0. The van der Waals surface area contributed by atoms with E-state index in [1.54, 1.807) is 25.4 Å². The van der Waals surface area contributed by atoms with E-state index in [0.717, 1.165) is 22.4 Å². The minimum absolute atomic E-state index is 0.329. The van der Waals surface area contributed by atoms with Gasteiger partial charge in [0.1, 0.15) is 5.75 Å². The summed E-state index contributed by atoms with van der Waals surface area (Å²) in [5.74, 6) is 0.674. The molecule has 0 aliphatic carbocycles. The van der Waals surface area contributed by atoms with E-state index in [4.69, 9.17) is 9.84 Å². The Labute approximate surface area is 174 Å². The van der Waals surface area contributed by atoms with E-state index in [1.165, 1.54) is 17.2 Å². The third-order valence-corrected chi connectivity index (χ3v) is 4.74. The molecule has 29 heavy (non-hydrogen) atoms. The third-order valence-electron chi connectivity index (χ3n) is 4.74. The highest BCUT2D eigenvalue weighted by atomic mass is 16.5. The van der Waals surface area contributed by atoms with Gasteiger partial charge in [-0.15, -0.1) is 0 Å². The fraction of sp³-hybridized carbons (Fsp3) is 0.360. The molecule has 1 aromatic heterocycles. The first-order valence-corrected chi connectivity index (χ1v) is 10.1. The third kappa shape index (κ3) is 5.80. The van der Waals surface area contributed by atoms with Gasteiger partial charge in [-0.25, -0.2) is 4.79 Å². The highest BCUT2D eigenvalue weighted by molar-refractivity contribution is 5.83. The zero-order chi connectivity index (χ0) is 21.6. The maximum atomic E-state index is 10.9. The molecule has 154 valence electrons. The molecule has 2 aromatic rings. The van der Waals surface area contributed by atoms with Gasteiger partial charge in [0.15, 0.2) is 0 Å². The summed E-state index contributed by atoms with van der Waals surface area (Å²) < 4.78 is 6.12. The Morgan fingerprint density at radius 2 is 1.90 bits per heavy atom. The summed E-state index contributed by atoms with van der Waals surface area (Å²) in [7, 11) is 0. The second-order valence-corrected chi connectivity index (χ2v) is 7.75. The number of nitrogens with zero attached hydrogens (tertiary/aromatic N) is 1. The molecule has 1 N–H and O–H groups in total. The number of carboxylic acids is 1. The molecule has 0 fully saturated rings. The van der Waals surface area contributed by atoms with Gasteiger partial charge in [-0.1, -0.05) is 45.9 Å². The van der Waals surface area contributed by atoms with E-state index in [1.807, 2.05) is 19.1 Å². The van der Waals surface area contributed by atoms with E-state index >= 15 is 0 Å². The number of allylic oxidation sites excluding steroid dienone is 2. The molecule has 0 aliphatic rings. The van der Waals surface area contributed by atoms with Crippen LogP contribution in [0.4, 0.5) is 0 Å². The van der Waals surface area contributed by atoms with Gasteiger partial charge in [-0.05, 0) is 60.1 Å². The Balaban J connectivity index is 2.70. The summed E-state index contributed by atoms with van der Waals surface area (Å²) in [6.07, 6.45) is 8.47. The zero-order valence-corrected chi connectivity index (χ0v) is 18.2. The molecular weight excluding hydrogens is 362 g/mol. The monoisotopic (exact) mass is 393 g/mol. The summed E-state index contributed by atoms with van der Waals surface area (Å²) in [5, 5.41) is 8.93. The second-order valence-electron chi connectivity index (χ2n) is 7.75. The van der Waals surface area contributed by atoms with Crippen molar-refractivity contribution in [2.75, 3.05) is 6.61 Å². The number of ether oxygens (including phenoxy) is 1. The molecule has 0 bridgehead atoms. The fourth-order valence-corrected chi connectivity index (χ4v) is 3.19. The first kappa shape index (κ1) is 22.4. The number of carbonyl (C=O) groups is 1. The van der Waals surface area contributed by atoms with E-state index in [-0.39, 0.29) is 0 Å². The van der Waals surface area contributed by atoms with Crippen LogP contribution in [-0.4, -0.2) is 22.7 Å². The molecule has 0 amide bonds. The maximum Gasteiger partial charge on any atom is 0.328 e. The fourth-order valence-electron chi connectivity index (χ4n) is 3.19. The van der Waals surface area contributed by atoms with E-state index in [0.29, 0.717) is 24.0 Å². The van der Waals surface area contributed by atoms with Crippen LogP contribution < -0.4 is 4.74 Å². The van der Waals surface area contributed by atoms with Crippen molar-refractivity contribution in [1.82, 2.24) is 4.98 Å². The number of hydrogen-bond acceptors (Lipinski definition) is 3. The molecule has 0 aliphatic heterocycles. The van der Waals surface area contributed by atoms with Crippen LogP contribution in [0.15, 0.2) is 48.3 Å². The number of pyridine rings is 1. The molecule has 2 rings (SSSR count). The molecule has 4 heteroatoms. The standard InChI is InChI=1S/C25H31NO3/c1-7-29-25-22(17(4)5)13-20(16(2)3)14-23(25)21-10-11-26-15-19(21)9-8-18(6)12-24(27)28/h8-17H,7H2,1-6H3,(H,27,28)/b9-8+,18-12+. The number of rotatable bonds is 8. The van der Waals surface area contributed by atoms with Crippen LogP contribution >= 0.6 is 0 Å². The average molecular weight is 394 g/mol. The number of hydrogen-bond donors (Lipinski definition) is 1. The molecule has 0 unspecified atom stereocenters. The number of aromatic nitrogens is 1. The van der Waals surface area contributed by atoms with Gasteiger partial charge in [-0.3, -0.25) is 4.98 Å². The Kier molecular flexibility index (Phi) is 7.77. The van der Waals surface area contributed by atoms with Crippen molar-refractivity contribution in [3.8, 4) is 16.9 Å². The van der Waals surface area contributed by atoms with E-state index < -0.39 is 5.97 Å². The highest BCUT2D eigenvalue weighted by Gasteiger charge is 2.19. The molecule has 1 aromatic carbocycles. The SMILES string of the molecule is CCOc1c(-c2ccncc2/C=C/C(C)=C/C(=O)O)cc(C(C)C)cc1C(C)C. The highest BCUT2D eigenvalue weighted by Crippen LogP contribution is 2.41. The summed E-state index contributed by atoms with van der Waals surface area (Å²) in [5.41, 5.74) is 6.11. The summed E-state index contributed by atoms with van der Waals surface area (Å²) in [6, 6.07) is 6.44. The van der Waals surface area contributed by atoms with Crippen molar-refractivity contribution in [3.05, 3.63) is 65.0 Å². The van der Waals surface area contributed by atoms with Crippen molar-refractivity contribution in [2.24, 2.45) is 0 Å². The lowest BCUT2D eigenvalue weighted by Crippen LogP contribution is -2.04. The lowest BCUT2D eigenvalue weighted by Gasteiger charge is -2.21. The van der Waals surface area contributed by atoms with Crippen LogP contribution in [-0.2, 0) is 4.79 Å². The molecule has 0 atom stereocenters. The largest absolute Gasteiger partial charge is 0.493 e. The van der Waals surface area contributed by atoms with Gasteiger partial charge in [0.05, 0.1) is 6.61 Å². The van der Waals surface area contributed by atoms with Crippen LogP contribution in [0.1, 0.15) is 70.1 Å². The summed E-state index contributed by atoms with van der Waals surface area (Å²) in [4.78, 5) is 15.2. The normalized spacial score (nSPS) is 12.2. The number of benzene rings is 1. The molecule has 0 saturated heterocycles. The minimum atomic E-state index is -0.955. The average Bonchev–Trinajstić information content (AvgIpc) is 2.66. The van der Waals surface area contributed by atoms with Gasteiger partial charge < -0.3 is 9.84 Å². The zero-order valence-electron chi connectivity index (χ0n) is 18.2. The summed E-state index contributed by atoms with van der Waals surface area (Å²) in [6.45, 7) is 13.1. The van der Waals surface area contributed by atoms with Crippen LogP contribution in [0.2, 0.25) is 0 Å². The molecule has 0 spiro atoms. The van der Waals surface area contributed by atoms with Gasteiger partial charge in [0, 0.05) is 29.6 Å². The Morgan fingerprint density at radius 3 is 2.48 bits per heavy atom. The van der Waals surface area contributed by atoms with Gasteiger partial charge in [0.25, 0.3) is 0 Å². The minimum Gasteiger partial charge on any atom is -0.493 e. The predicted octanol–water partition coefficient (Wildman–Crippen LogP) is 6.44. The topological polar surface area (TPSA) is 59.4 Å². The van der Waals surface area contributed by atoms with Crippen molar-refractivity contribution < 1.29 is 14.6 Å². The van der Waals surface area contributed by atoms with Gasteiger partial charge in [0.2, 0.25) is 0 Å². The van der Waals surface area contributed by atoms with Gasteiger partial charge in [-0.2, -0.15) is 0 Å². The lowest BCUT2D eigenvalue weighted by atomic mass is 9.88. The Hall–Kier alpha value is -2.88. The van der Waals surface area contributed by atoms with Crippen LogP contribution in [0.25, 0.3) is 17.2 Å². The lowest BCUT2D eigenvalue weighted by molar-refractivity contribution is -0.131. The maximum absolute atomic E-state index is 10.9. The van der Waals surface area contributed by atoms with Crippen LogP contribution in [0.5, 0.6) is 5.75 Å². The van der Waals surface area contributed by atoms with E-state index in [9.17, 15) is 4.79 Å². The van der Waals surface area contributed by atoms with Crippen LogP contribution in [0, 0.1) is 0 Å².